The van der Waals surface area contributed by atoms with Gasteiger partial charge in [0.05, 0.1) is 18.7 Å². The molecule has 122 valence electrons. The Balaban J connectivity index is 1.47. The van der Waals surface area contributed by atoms with E-state index in [2.05, 4.69) is 15.4 Å². The number of nitrogens with zero attached hydrogens (tertiary/aromatic N) is 3. The molecule has 5 nitrogen and oxygen atoms in total. The van der Waals surface area contributed by atoms with E-state index in [1.165, 1.54) is 12.1 Å². The lowest BCUT2D eigenvalue weighted by atomic mass is 10.1. The van der Waals surface area contributed by atoms with Crippen LogP contribution in [0, 0.1) is 5.82 Å². The number of aromatic nitrogens is 3. The van der Waals surface area contributed by atoms with Crippen LogP contribution in [0.25, 0.3) is 11.3 Å². The number of hydrogen-bond acceptors (Lipinski definition) is 3. The van der Waals surface area contributed by atoms with Gasteiger partial charge < -0.3 is 5.32 Å². The Labute approximate surface area is 139 Å². The van der Waals surface area contributed by atoms with E-state index < -0.39 is 0 Å². The smallest absolute Gasteiger partial charge is 0.224 e. The van der Waals surface area contributed by atoms with Gasteiger partial charge in [-0.2, -0.15) is 5.10 Å². The number of hydrogen-bond donors (Lipinski definition) is 1. The molecular formula is C18H17FN4O. The third-order valence-electron chi connectivity index (χ3n) is 3.56. The maximum absolute atomic E-state index is 12.8. The van der Waals surface area contributed by atoms with E-state index in [1.807, 2.05) is 24.4 Å². The van der Waals surface area contributed by atoms with Gasteiger partial charge in [0.2, 0.25) is 5.91 Å². The second-order valence-corrected chi connectivity index (χ2v) is 5.35. The van der Waals surface area contributed by atoms with Crippen molar-refractivity contribution in [2.24, 2.45) is 0 Å². The van der Waals surface area contributed by atoms with Crippen molar-refractivity contribution in [3.8, 4) is 11.3 Å². The molecule has 1 aromatic carbocycles. The van der Waals surface area contributed by atoms with Crippen LogP contribution in [-0.2, 0) is 17.8 Å². The van der Waals surface area contributed by atoms with Crippen LogP contribution in [0.4, 0.5) is 4.39 Å². The van der Waals surface area contributed by atoms with Crippen molar-refractivity contribution in [1.82, 2.24) is 20.1 Å². The van der Waals surface area contributed by atoms with Crippen LogP contribution >= 0.6 is 0 Å². The van der Waals surface area contributed by atoms with Crippen LogP contribution in [-0.4, -0.2) is 27.2 Å². The fourth-order valence-corrected chi connectivity index (χ4v) is 2.32. The fourth-order valence-electron chi connectivity index (χ4n) is 2.32. The van der Waals surface area contributed by atoms with E-state index in [0.717, 1.165) is 16.8 Å². The molecule has 24 heavy (non-hydrogen) atoms. The Kier molecular flexibility index (Phi) is 4.96. The molecule has 0 radical (unpaired) electrons. The Morgan fingerprint density at radius 3 is 2.58 bits per heavy atom. The average molecular weight is 324 g/mol. The quantitative estimate of drug-likeness (QED) is 0.757. The molecule has 0 aliphatic heterocycles. The maximum atomic E-state index is 12.8. The number of halogens is 1. The normalized spacial score (nSPS) is 10.5. The summed E-state index contributed by atoms with van der Waals surface area (Å²) in [4.78, 5) is 15.9. The van der Waals surface area contributed by atoms with Crippen molar-refractivity contribution in [2.75, 3.05) is 6.54 Å². The summed E-state index contributed by atoms with van der Waals surface area (Å²) in [7, 11) is 0. The lowest BCUT2D eigenvalue weighted by Crippen LogP contribution is -2.28. The van der Waals surface area contributed by atoms with E-state index in [-0.39, 0.29) is 18.1 Å². The van der Waals surface area contributed by atoms with Gasteiger partial charge in [0.25, 0.3) is 0 Å². The molecule has 2 aromatic heterocycles. The number of carbonyl (C=O) groups excluding carboxylic acids is 1. The number of benzene rings is 1. The van der Waals surface area contributed by atoms with Crippen LogP contribution in [0.15, 0.2) is 61.1 Å². The van der Waals surface area contributed by atoms with E-state index >= 15 is 0 Å². The predicted octanol–water partition coefficient (Wildman–Crippen LogP) is 2.44. The van der Waals surface area contributed by atoms with Crippen molar-refractivity contribution in [3.05, 3.63) is 72.4 Å². The first kappa shape index (κ1) is 15.9. The van der Waals surface area contributed by atoms with Gasteiger partial charge in [0, 0.05) is 30.7 Å². The van der Waals surface area contributed by atoms with Crippen molar-refractivity contribution in [3.63, 3.8) is 0 Å². The molecule has 0 spiro atoms. The van der Waals surface area contributed by atoms with Crippen LogP contribution in [0.1, 0.15) is 5.56 Å². The minimum absolute atomic E-state index is 0.0943. The van der Waals surface area contributed by atoms with Gasteiger partial charge in [-0.25, -0.2) is 4.39 Å². The summed E-state index contributed by atoms with van der Waals surface area (Å²) >= 11 is 0. The Morgan fingerprint density at radius 2 is 1.83 bits per heavy atom. The summed E-state index contributed by atoms with van der Waals surface area (Å²) in [5.41, 5.74) is 2.66. The van der Waals surface area contributed by atoms with Crippen LogP contribution in [0.3, 0.4) is 0 Å². The summed E-state index contributed by atoms with van der Waals surface area (Å²) in [5, 5.41) is 7.31. The first-order chi connectivity index (χ1) is 11.7. The molecule has 2 heterocycles. The van der Waals surface area contributed by atoms with Crippen LogP contribution in [0.2, 0.25) is 0 Å². The Hall–Kier alpha value is -3.02. The lowest BCUT2D eigenvalue weighted by molar-refractivity contribution is -0.120. The molecule has 3 rings (SSSR count). The largest absolute Gasteiger partial charge is 0.354 e. The van der Waals surface area contributed by atoms with E-state index in [1.54, 1.807) is 29.2 Å². The number of rotatable bonds is 6. The van der Waals surface area contributed by atoms with Crippen molar-refractivity contribution >= 4 is 5.91 Å². The van der Waals surface area contributed by atoms with Crippen molar-refractivity contribution in [1.29, 1.82) is 0 Å². The average Bonchev–Trinajstić information content (AvgIpc) is 3.07. The highest BCUT2D eigenvalue weighted by atomic mass is 19.1. The predicted molar refractivity (Wildman–Crippen MR) is 88.6 cm³/mol. The molecule has 0 unspecified atom stereocenters. The highest BCUT2D eigenvalue weighted by Crippen LogP contribution is 2.14. The highest BCUT2D eigenvalue weighted by Gasteiger charge is 2.05. The zero-order valence-electron chi connectivity index (χ0n) is 13.0. The van der Waals surface area contributed by atoms with Gasteiger partial charge in [-0.15, -0.1) is 0 Å². The van der Waals surface area contributed by atoms with E-state index in [0.29, 0.717) is 13.1 Å². The zero-order valence-corrected chi connectivity index (χ0v) is 13.0. The standard InChI is InChI=1S/C18H17FN4O/c19-16-3-1-14(2-4-16)13-18(24)21-10-12-23-11-7-17(22-23)15-5-8-20-9-6-15/h1-9,11H,10,12-13H2,(H,21,24). The minimum Gasteiger partial charge on any atom is -0.354 e. The maximum Gasteiger partial charge on any atom is 0.224 e. The SMILES string of the molecule is O=C(Cc1ccc(F)cc1)NCCn1ccc(-c2ccncc2)n1. The monoisotopic (exact) mass is 324 g/mol. The van der Waals surface area contributed by atoms with Gasteiger partial charge in [-0.05, 0) is 35.9 Å². The molecule has 0 atom stereocenters. The summed E-state index contributed by atoms with van der Waals surface area (Å²) in [6.45, 7) is 1.07. The number of amides is 1. The number of pyridine rings is 1. The topological polar surface area (TPSA) is 59.8 Å². The first-order valence-electron chi connectivity index (χ1n) is 7.66. The van der Waals surface area contributed by atoms with Gasteiger partial charge in [-0.1, -0.05) is 12.1 Å². The van der Waals surface area contributed by atoms with Gasteiger partial charge >= 0.3 is 0 Å². The molecule has 0 aliphatic rings. The molecule has 1 N–H and O–H groups in total. The molecule has 0 saturated heterocycles. The molecule has 3 aromatic rings. The second kappa shape index (κ2) is 7.50. The second-order valence-electron chi connectivity index (χ2n) is 5.35. The summed E-state index contributed by atoms with van der Waals surface area (Å²) in [5.74, 6) is -0.397. The Morgan fingerprint density at radius 1 is 1.08 bits per heavy atom. The van der Waals surface area contributed by atoms with Crippen LogP contribution < -0.4 is 5.32 Å². The van der Waals surface area contributed by atoms with Gasteiger partial charge in [0.15, 0.2) is 0 Å². The summed E-state index contributed by atoms with van der Waals surface area (Å²) in [6.07, 6.45) is 5.57. The molecule has 0 fully saturated rings. The number of carbonyl (C=O) groups is 1. The fraction of sp³-hybridized carbons (Fsp3) is 0.167. The minimum atomic E-state index is -0.303. The zero-order chi connectivity index (χ0) is 16.8. The third kappa shape index (κ3) is 4.25. The van der Waals surface area contributed by atoms with Crippen molar-refractivity contribution in [2.45, 2.75) is 13.0 Å². The molecule has 0 saturated carbocycles. The van der Waals surface area contributed by atoms with Gasteiger partial charge in [0.1, 0.15) is 5.82 Å². The molecule has 0 aliphatic carbocycles. The Bertz CT molecular complexity index is 799. The van der Waals surface area contributed by atoms with Gasteiger partial charge in [-0.3, -0.25) is 14.5 Å². The lowest BCUT2D eigenvalue weighted by Gasteiger charge is -2.06. The van der Waals surface area contributed by atoms with Crippen molar-refractivity contribution < 1.29 is 9.18 Å². The van der Waals surface area contributed by atoms with E-state index in [9.17, 15) is 9.18 Å². The number of nitrogens with one attached hydrogen (secondary N) is 1. The summed E-state index contributed by atoms with van der Waals surface area (Å²) in [6, 6.07) is 11.7. The highest BCUT2D eigenvalue weighted by molar-refractivity contribution is 5.78. The third-order valence-corrected chi connectivity index (χ3v) is 3.56. The first-order valence-corrected chi connectivity index (χ1v) is 7.66. The molecule has 0 bridgehead atoms. The summed E-state index contributed by atoms with van der Waals surface area (Å²) < 4.78 is 14.6. The molecule has 1 amide bonds. The molecular weight excluding hydrogens is 307 g/mol. The molecule has 6 heteroatoms. The van der Waals surface area contributed by atoms with E-state index in [4.69, 9.17) is 0 Å². The van der Waals surface area contributed by atoms with Crippen LogP contribution in [0.5, 0.6) is 0 Å².